The van der Waals surface area contributed by atoms with Crippen LogP contribution in [-0.2, 0) is 0 Å². The molecule has 2 unspecified atom stereocenters. The second kappa shape index (κ2) is 5.13. The van der Waals surface area contributed by atoms with Gasteiger partial charge in [-0.05, 0) is 32.2 Å². The molecular weight excluding hydrogens is 184 g/mol. The molecule has 2 aliphatic heterocycles. The molecule has 86 valence electrons. The topological polar surface area (TPSA) is 15.3 Å². The fourth-order valence-corrected chi connectivity index (χ4v) is 2.89. The summed E-state index contributed by atoms with van der Waals surface area (Å²) in [5.41, 5.74) is 1.34. The minimum absolute atomic E-state index is 0.730. The molecule has 1 N–H and O–H groups in total. The maximum absolute atomic E-state index is 4.06. The zero-order valence-corrected chi connectivity index (χ0v) is 9.97. The van der Waals surface area contributed by atoms with Gasteiger partial charge in [-0.1, -0.05) is 25.5 Å². The van der Waals surface area contributed by atoms with Gasteiger partial charge in [-0.15, -0.1) is 0 Å². The predicted molar refractivity (Wildman–Crippen MR) is 65.1 cm³/mol. The molecule has 0 aromatic heterocycles. The highest BCUT2D eigenvalue weighted by molar-refractivity contribution is 5.00. The summed E-state index contributed by atoms with van der Waals surface area (Å²) >= 11 is 0. The second-order valence-corrected chi connectivity index (χ2v) is 4.98. The number of rotatable bonds is 4. The van der Waals surface area contributed by atoms with Gasteiger partial charge in [0.25, 0.3) is 0 Å². The van der Waals surface area contributed by atoms with Crippen molar-refractivity contribution >= 4 is 0 Å². The fourth-order valence-electron chi connectivity index (χ4n) is 2.89. The number of nitrogens with one attached hydrogen (secondary N) is 1. The van der Waals surface area contributed by atoms with E-state index in [4.69, 9.17) is 0 Å². The van der Waals surface area contributed by atoms with Crippen LogP contribution in [-0.4, -0.2) is 36.6 Å². The van der Waals surface area contributed by atoms with E-state index >= 15 is 0 Å². The first kappa shape index (κ1) is 11.2. The van der Waals surface area contributed by atoms with Crippen LogP contribution in [0.3, 0.4) is 0 Å². The average molecular weight is 208 g/mol. The van der Waals surface area contributed by atoms with E-state index < -0.39 is 0 Å². The lowest BCUT2D eigenvalue weighted by atomic mass is 9.99. The lowest BCUT2D eigenvalue weighted by Gasteiger charge is -2.32. The van der Waals surface area contributed by atoms with Crippen LogP contribution < -0.4 is 5.32 Å². The smallest absolute Gasteiger partial charge is 0.0249 e. The predicted octanol–water partition coefficient (Wildman–Crippen LogP) is 2.17. The Bertz CT molecular complexity index is 225. The van der Waals surface area contributed by atoms with Gasteiger partial charge in [0.1, 0.15) is 0 Å². The van der Waals surface area contributed by atoms with Gasteiger partial charge >= 0.3 is 0 Å². The number of nitrogens with zero attached hydrogens (tertiary/aromatic N) is 1. The normalized spacial score (nSPS) is 31.5. The summed E-state index contributed by atoms with van der Waals surface area (Å²) in [4.78, 5) is 2.68. The summed E-state index contributed by atoms with van der Waals surface area (Å²) in [6.45, 7) is 9.90. The summed E-state index contributed by atoms with van der Waals surface area (Å²) in [6, 6.07) is 1.55. The molecule has 0 radical (unpaired) electrons. The Morgan fingerprint density at radius 1 is 1.33 bits per heavy atom. The highest BCUT2D eigenvalue weighted by Gasteiger charge is 2.34. The van der Waals surface area contributed by atoms with Crippen LogP contribution in [0.1, 0.15) is 39.0 Å². The average Bonchev–Trinajstić information content (AvgIpc) is 2.69. The van der Waals surface area contributed by atoms with Gasteiger partial charge in [-0.3, -0.25) is 4.90 Å². The van der Waals surface area contributed by atoms with E-state index in [9.17, 15) is 0 Å². The van der Waals surface area contributed by atoms with Crippen molar-refractivity contribution in [2.45, 2.75) is 51.1 Å². The molecule has 0 aliphatic carbocycles. The SMILES string of the molecule is C=C(CC)CNC1CCN2CCCCC12. The standard InChI is InChI=1S/C13H24N2/c1-3-11(2)10-14-12-7-9-15-8-5-4-6-13(12)15/h12-14H,2-10H2,1H3. The zero-order chi connectivity index (χ0) is 10.7. The van der Waals surface area contributed by atoms with E-state index in [1.54, 1.807) is 0 Å². The molecule has 0 spiro atoms. The molecule has 15 heavy (non-hydrogen) atoms. The summed E-state index contributed by atoms with van der Waals surface area (Å²) < 4.78 is 0. The summed E-state index contributed by atoms with van der Waals surface area (Å²) in [5.74, 6) is 0. The lowest BCUT2D eigenvalue weighted by molar-refractivity contribution is 0.181. The lowest BCUT2D eigenvalue weighted by Crippen LogP contribution is -2.45. The van der Waals surface area contributed by atoms with E-state index in [0.29, 0.717) is 0 Å². The molecular formula is C13H24N2. The van der Waals surface area contributed by atoms with E-state index in [-0.39, 0.29) is 0 Å². The Balaban J connectivity index is 1.80. The highest BCUT2D eigenvalue weighted by atomic mass is 15.2. The van der Waals surface area contributed by atoms with Crippen LogP contribution in [0.25, 0.3) is 0 Å². The molecule has 0 amide bonds. The molecule has 2 atom stereocenters. The zero-order valence-electron chi connectivity index (χ0n) is 9.97. The van der Waals surface area contributed by atoms with Gasteiger partial charge in [0.15, 0.2) is 0 Å². The van der Waals surface area contributed by atoms with E-state index in [0.717, 1.165) is 25.0 Å². The Hall–Kier alpha value is -0.340. The van der Waals surface area contributed by atoms with Crippen LogP contribution in [0.2, 0.25) is 0 Å². The Kier molecular flexibility index (Phi) is 3.81. The van der Waals surface area contributed by atoms with Crippen LogP contribution in [0, 0.1) is 0 Å². The minimum atomic E-state index is 0.730. The third-order valence-corrected chi connectivity index (χ3v) is 3.97. The monoisotopic (exact) mass is 208 g/mol. The maximum atomic E-state index is 4.06. The molecule has 0 aromatic carbocycles. The van der Waals surface area contributed by atoms with Crippen LogP contribution in [0.4, 0.5) is 0 Å². The molecule has 2 heterocycles. The van der Waals surface area contributed by atoms with Crippen LogP contribution >= 0.6 is 0 Å². The van der Waals surface area contributed by atoms with Crippen molar-refractivity contribution in [1.82, 2.24) is 10.2 Å². The van der Waals surface area contributed by atoms with Crippen molar-refractivity contribution in [3.05, 3.63) is 12.2 Å². The number of piperidine rings is 1. The Morgan fingerprint density at radius 3 is 3.00 bits per heavy atom. The Labute approximate surface area is 93.7 Å². The molecule has 2 nitrogen and oxygen atoms in total. The molecule has 2 saturated heterocycles. The summed E-state index contributed by atoms with van der Waals surface area (Å²) in [6.07, 6.45) is 6.67. The van der Waals surface area contributed by atoms with Gasteiger partial charge in [0.2, 0.25) is 0 Å². The summed E-state index contributed by atoms with van der Waals surface area (Å²) in [7, 11) is 0. The van der Waals surface area contributed by atoms with Crippen molar-refractivity contribution < 1.29 is 0 Å². The van der Waals surface area contributed by atoms with E-state index in [1.165, 1.54) is 44.3 Å². The number of hydrogen-bond donors (Lipinski definition) is 1. The summed E-state index contributed by atoms with van der Waals surface area (Å²) in [5, 5.41) is 3.69. The van der Waals surface area contributed by atoms with E-state index in [1.807, 2.05) is 0 Å². The van der Waals surface area contributed by atoms with Gasteiger partial charge in [-0.25, -0.2) is 0 Å². The van der Waals surface area contributed by atoms with E-state index in [2.05, 4.69) is 23.7 Å². The third-order valence-electron chi connectivity index (χ3n) is 3.97. The first-order chi connectivity index (χ1) is 7.31. The van der Waals surface area contributed by atoms with Gasteiger partial charge in [0.05, 0.1) is 0 Å². The highest BCUT2D eigenvalue weighted by Crippen LogP contribution is 2.27. The van der Waals surface area contributed by atoms with Crippen molar-refractivity contribution in [3.8, 4) is 0 Å². The quantitative estimate of drug-likeness (QED) is 0.712. The van der Waals surface area contributed by atoms with Crippen molar-refractivity contribution in [3.63, 3.8) is 0 Å². The Morgan fingerprint density at radius 2 is 2.20 bits per heavy atom. The van der Waals surface area contributed by atoms with Crippen molar-refractivity contribution in [2.24, 2.45) is 0 Å². The molecule has 0 bridgehead atoms. The van der Waals surface area contributed by atoms with Crippen molar-refractivity contribution in [2.75, 3.05) is 19.6 Å². The first-order valence-corrected chi connectivity index (χ1v) is 6.45. The molecule has 0 aromatic rings. The largest absolute Gasteiger partial charge is 0.309 e. The fraction of sp³-hybridized carbons (Fsp3) is 0.846. The number of hydrogen-bond acceptors (Lipinski definition) is 2. The van der Waals surface area contributed by atoms with Gasteiger partial charge < -0.3 is 5.32 Å². The third kappa shape index (κ3) is 2.61. The molecule has 2 heteroatoms. The van der Waals surface area contributed by atoms with Crippen molar-refractivity contribution in [1.29, 1.82) is 0 Å². The maximum Gasteiger partial charge on any atom is 0.0249 e. The molecule has 0 saturated carbocycles. The van der Waals surface area contributed by atoms with Crippen LogP contribution in [0.15, 0.2) is 12.2 Å². The molecule has 2 aliphatic rings. The van der Waals surface area contributed by atoms with Gasteiger partial charge in [-0.2, -0.15) is 0 Å². The first-order valence-electron chi connectivity index (χ1n) is 6.45. The minimum Gasteiger partial charge on any atom is -0.309 e. The molecule has 2 rings (SSSR count). The number of fused-ring (bicyclic) bond motifs is 1. The van der Waals surface area contributed by atoms with Gasteiger partial charge in [0, 0.05) is 25.2 Å². The second-order valence-electron chi connectivity index (χ2n) is 4.98. The van der Waals surface area contributed by atoms with Crippen LogP contribution in [0.5, 0.6) is 0 Å². The molecule has 2 fully saturated rings.